The Morgan fingerprint density at radius 2 is 1.87 bits per heavy atom. The monoisotopic (exact) mass is 335 g/mol. The second-order valence-corrected chi connectivity index (χ2v) is 7.81. The van der Waals surface area contributed by atoms with E-state index in [1.807, 2.05) is 0 Å². The van der Waals surface area contributed by atoms with E-state index in [1.54, 1.807) is 0 Å². The molecule has 0 N–H and O–H groups in total. The van der Waals surface area contributed by atoms with Gasteiger partial charge in [0.1, 0.15) is 0 Å². The van der Waals surface area contributed by atoms with Gasteiger partial charge in [0.2, 0.25) is 0 Å². The molecule has 3 nitrogen and oxygen atoms in total. The third-order valence-electron chi connectivity index (χ3n) is 5.29. The van der Waals surface area contributed by atoms with E-state index in [9.17, 15) is 0 Å². The molecule has 1 aliphatic carbocycles. The summed E-state index contributed by atoms with van der Waals surface area (Å²) in [6, 6.07) is 7.44. The highest BCUT2D eigenvalue weighted by molar-refractivity contribution is 6.33. The molecule has 1 aromatic rings. The number of halogens is 1. The number of anilines is 1. The predicted molar refractivity (Wildman–Crippen MR) is 99.8 cm³/mol. The lowest BCUT2D eigenvalue weighted by Gasteiger charge is -2.37. The van der Waals surface area contributed by atoms with Crippen molar-refractivity contribution in [3.63, 3.8) is 0 Å². The Balaban J connectivity index is 1.50. The van der Waals surface area contributed by atoms with E-state index >= 15 is 0 Å². The van der Waals surface area contributed by atoms with Crippen molar-refractivity contribution in [2.24, 2.45) is 0 Å². The summed E-state index contributed by atoms with van der Waals surface area (Å²) in [5.74, 6) is 0.529. The summed E-state index contributed by atoms with van der Waals surface area (Å²) >= 11 is 6.53. The van der Waals surface area contributed by atoms with Gasteiger partial charge in [-0.15, -0.1) is 0 Å². The maximum Gasteiger partial charge on any atom is 0.0642 e. The molecule has 1 heterocycles. The van der Waals surface area contributed by atoms with Gasteiger partial charge in [-0.2, -0.15) is 0 Å². The Kier molecular flexibility index (Phi) is 5.50. The summed E-state index contributed by atoms with van der Waals surface area (Å²) in [7, 11) is 2.27. The third-order valence-corrected chi connectivity index (χ3v) is 5.59. The van der Waals surface area contributed by atoms with Gasteiger partial charge in [0.15, 0.2) is 0 Å². The largest absolute Gasteiger partial charge is 0.368 e. The van der Waals surface area contributed by atoms with Crippen molar-refractivity contribution in [1.82, 2.24) is 9.80 Å². The zero-order valence-corrected chi connectivity index (χ0v) is 15.5. The van der Waals surface area contributed by atoms with Crippen LogP contribution >= 0.6 is 11.6 Å². The minimum absolute atomic E-state index is 0.529. The van der Waals surface area contributed by atoms with Crippen LogP contribution in [0.4, 0.5) is 5.69 Å². The van der Waals surface area contributed by atoms with Crippen LogP contribution in [0.2, 0.25) is 5.02 Å². The van der Waals surface area contributed by atoms with Gasteiger partial charge in [-0.3, -0.25) is 4.90 Å². The number of rotatable bonds is 6. The molecule has 0 amide bonds. The molecule has 1 aliphatic heterocycles. The lowest BCUT2D eigenvalue weighted by atomic mass is 10.0. The highest BCUT2D eigenvalue weighted by Gasteiger charge is 2.26. The van der Waals surface area contributed by atoms with Crippen molar-refractivity contribution < 1.29 is 0 Å². The van der Waals surface area contributed by atoms with Crippen molar-refractivity contribution in [2.45, 2.75) is 38.6 Å². The van der Waals surface area contributed by atoms with Crippen LogP contribution in [0, 0.1) is 0 Å². The van der Waals surface area contributed by atoms with Gasteiger partial charge >= 0.3 is 0 Å². The molecule has 0 aromatic heterocycles. The number of nitrogens with zero attached hydrogens (tertiary/aromatic N) is 3. The smallest absolute Gasteiger partial charge is 0.0642 e. The maximum absolute atomic E-state index is 6.53. The first-order valence-corrected chi connectivity index (χ1v) is 9.39. The Morgan fingerprint density at radius 1 is 1.17 bits per heavy atom. The van der Waals surface area contributed by atoms with Crippen molar-refractivity contribution in [3.05, 3.63) is 28.8 Å². The van der Waals surface area contributed by atoms with Crippen LogP contribution in [0.5, 0.6) is 0 Å². The molecule has 0 unspecified atom stereocenters. The van der Waals surface area contributed by atoms with Crippen LogP contribution in [0.1, 0.15) is 38.2 Å². The van der Waals surface area contributed by atoms with E-state index in [4.69, 9.17) is 11.6 Å². The average Bonchev–Trinajstić information content (AvgIpc) is 3.38. The van der Waals surface area contributed by atoms with Crippen LogP contribution in [0.15, 0.2) is 18.2 Å². The SMILES string of the molecule is CC(C)c1ccc(N2CCN(CCN(C)C3CC3)CC2)c(Cl)c1. The standard InChI is InChI=1S/C19H30ClN3/c1-15(2)16-4-7-19(18(20)14-16)23-12-10-22(11-13-23)9-8-21(3)17-5-6-17/h4,7,14-15,17H,5-6,8-13H2,1-3H3. The summed E-state index contributed by atoms with van der Waals surface area (Å²) in [4.78, 5) is 7.55. The van der Waals surface area contributed by atoms with E-state index < -0.39 is 0 Å². The first kappa shape index (κ1) is 17.1. The first-order chi connectivity index (χ1) is 11.0. The lowest BCUT2D eigenvalue weighted by molar-refractivity contribution is 0.212. The van der Waals surface area contributed by atoms with Crippen molar-refractivity contribution >= 4 is 17.3 Å². The summed E-state index contributed by atoms with van der Waals surface area (Å²) in [6.45, 7) is 11.3. The molecule has 4 heteroatoms. The van der Waals surface area contributed by atoms with Crippen LogP contribution in [-0.2, 0) is 0 Å². The zero-order chi connectivity index (χ0) is 16.4. The molecule has 3 rings (SSSR count). The average molecular weight is 336 g/mol. The van der Waals surface area contributed by atoms with Crippen LogP contribution in [0.25, 0.3) is 0 Å². The number of likely N-dealkylation sites (N-methyl/N-ethyl adjacent to an activating group) is 1. The van der Waals surface area contributed by atoms with Crippen LogP contribution in [-0.4, -0.2) is 62.2 Å². The van der Waals surface area contributed by atoms with Gasteiger partial charge in [-0.05, 0) is 43.5 Å². The fourth-order valence-corrected chi connectivity index (χ4v) is 3.66. The molecule has 2 aliphatic rings. The molecule has 2 fully saturated rings. The number of hydrogen-bond donors (Lipinski definition) is 0. The zero-order valence-electron chi connectivity index (χ0n) is 14.8. The molecule has 1 aromatic carbocycles. The Hall–Kier alpha value is -0.770. The molecule has 128 valence electrons. The number of piperazine rings is 1. The highest BCUT2D eigenvalue weighted by Crippen LogP contribution is 2.30. The molecule has 1 saturated carbocycles. The van der Waals surface area contributed by atoms with Gasteiger partial charge in [-0.1, -0.05) is 31.5 Å². The quantitative estimate of drug-likeness (QED) is 0.785. The molecule has 23 heavy (non-hydrogen) atoms. The summed E-state index contributed by atoms with van der Waals surface area (Å²) in [5.41, 5.74) is 2.52. The number of benzene rings is 1. The fraction of sp³-hybridized carbons (Fsp3) is 0.684. The van der Waals surface area contributed by atoms with Crippen molar-refractivity contribution in [2.75, 3.05) is 51.2 Å². The number of hydrogen-bond acceptors (Lipinski definition) is 3. The summed E-state index contributed by atoms with van der Waals surface area (Å²) in [5, 5.41) is 0.901. The molecular weight excluding hydrogens is 306 g/mol. The summed E-state index contributed by atoms with van der Waals surface area (Å²) in [6.07, 6.45) is 2.80. The highest BCUT2D eigenvalue weighted by atomic mass is 35.5. The van der Waals surface area contributed by atoms with E-state index in [0.29, 0.717) is 5.92 Å². The molecular formula is C19H30ClN3. The van der Waals surface area contributed by atoms with Crippen LogP contribution < -0.4 is 4.90 Å². The van der Waals surface area contributed by atoms with Crippen molar-refractivity contribution in [1.29, 1.82) is 0 Å². The van der Waals surface area contributed by atoms with Gasteiger partial charge in [0.25, 0.3) is 0 Å². The molecule has 0 atom stereocenters. The minimum atomic E-state index is 0.529. The van der Waals surface area contributed by atoms with E-state index in [1.165, 1.54) is 37.2 Å². The van der Waals surface area contributed by atoms with Crippen LogP contribution in [0.3, 0.4) is 0 Å². The normalized spacial score (nSPS) is 19.8. The van der Waals surface area contributed by atoms with Gasteiger partial charge in [0.05, 0.1) is 10.7 Å². The van der Waals surface area contributed by atoms with Crippen molar-refractivity contribution in [3.8, 4) is 0 Å². The second-order valence-electron chi connectivity index (χ2n) is 7.41. The molecule has 0 bridgehead atoms. The lowest BCUT2D eigenvalue weighted by Crippen LogP contribution is -2.48. The van der Waals surface area contributed by atoms with Gasteiger partial charge < -0.3 is 9.80 Å². The van der Waals surface area contributed by atoms with Gasteiger partial charge in [0, 0.05) is 45.3 Å². The molecule has 0 spiro atoms. The predicted octanol–water partition coefficient (Wildman–Crippen LogP) is 3.68. The second kappa shape index (κ2) is 7.42. The van der Waals surface area contributed by atoms with E-state index in [0.717, 1.165) is 37.2 Å². The van der Waals surface area contributed by atoms with E-state index in [-0.39, 0.29) is 0 Å². The Bertz CT molecular complexity index is 519. The maximum atomic E-state index is 6.53. The Morgan fingerprint density at radius 3 is 2.43 bits per heavy atom. The van der Waals surface area contributed by atoms with Gasteiger partial charge in [-0.25, -0.2) is 0 Å². The first-order valence-electron chi connectivity index (χ1n) is 9.01. The van der Waals surface area contributed by atoms with E-state index in [2.05, 4.69) is 53.8 Å². The minimum Gasteiger partial charge on any atom is -0.368 e. The molecule has 1 saturated heterocycles. The Labute approximate surface area is 146 Å². The topological polar surface area (TPSA) is 9.72 Å². The fourth-order valence-electron chi connectivity index (χ4n) is 3.35. The molecule has 0 radical (unpaired) electrons. The summed E-state index contributed by atoms with van der Waals surface area (Å²) < 4.78 is 0. The third kappa shape index (κ3) is 4.40.